The van der Waals surface area contributed by atoms with Gasteiger partial charge >= 0.3 is 5.97 Å². The number of rotatable bonds is 5. The van der Waals surface area contributed by atoms with Crippen LogP contribution < -0.4 is 5.73 Å². The van der Waals surface area contributed by atoms with Crippen molar-refractivity contribution >= 4 is 5.97 Å². The van der Waals surface area contributed by atoms with Gasteiger partial charge in [0.15, 0.2) is 0 Å². The van der Waals surface area contributed by atoms with Gasteiger partial charge in [0.05, 0.1) is 13.0 Å². The lowest BCUT2D eigenvalue weighted by atomic mass is 9.91. The van der Waals surface area contributed by atoms with E-state index in [4.69, 9.17) is 10.5 Å². The van der Waals surface area contributed by atoms with Crippen molar-refractivity contribution in [1.82, 2.24) is 0 Å². The van der Waals surface area contributed by atoms with Crippen molar-refractivity contribution in [2.75, 3.05) is 7.11 Å². The number of methoxy groups -OCH3 is 1. The number of allylic oxidation sites excluding steroid dienone is 1. The Labute approximate surface area is 95.9 Å². The summed E-state index contributed by atoms with van der Waals surface area (Å²) in [5.41, 5.74) is 6.98. The number of ether oxygens (including phenoxy) is 1. The molecule has 0 aliphatic carbocycles. The van der Waals surface area contributed by atoms with Gasteiger partial charge in [-0.2, -0.15) is 0 Å². The summed E-state index contributed by atoms with van der Waals surface area (Å²) < 4.78 is 4.74. The van der Waals surface area contributed by atoms with Gasteiger partial charge in [0.25, 0.3) is 0 Å². The van der Waals surface area contributed by atoms with E-state index in [1.807, 2.05) is 30.3 Å². The molecular weight excluding hydrogens is 202 g/mol. The lowest BCUT2D eigenvalue weighted by Gasteiger charge is -2.20. The Hall–Kier alpha value is -1.61. The highest BCUT2D eigenvalue weighted by Gasteiger charge is 2.26. The maximum absolute atomic E-state index is 11.6. The fraction of sp³-hybridized carbons (Fsp3) is 0.308. The van der Waals surface area contributed by atoms with Crippen LogP contribution in [0.2, 0.25) is 0 Å². The number of benzene rings is 1. The van der Waals surface area contributed by atoms with Gasteiger partial charge in [-0.3, -0.25) is 4.79 Å². The fourth-order valence-electron chi connectivity index (χ4n) is 1.63. The Morgan fingerprint density at radius 1 is 1.50 bits per heavy atom. The van der Waals surface area contributed by atoms with Crippen LogP contribution in [-0.4, -0.2) is 13.1 Å². The maximum atomic E-state index is 11.6. The smallest absolute Gasteiger partial charge is 0.310 e. The van der Waals surface area contributed by atoms with E-state index >= 15 is 0 Å². The van der Waals surface area contributed by atoms with Crippen LogP contribution in [0.4, 0.5) is 0 Å². The highest BCUT2D eigenvalue weighted by molar-refractivity contribution is 5.73. The molecule has 0 fully saturated rings. The predicted octanol–water partition coefficient (Wildman–Crippen LogP) is 2.05. The molecule has 0 radical (unpaired) electrons. The van der Waals surface area contributed by atoms with Gasteiger partial charge in [-0.05, 0) is 12.0 Å². The highest BCUT2D eigenvalue weighted by Crippen LogP contribution is 2.23. The molecule has 0 amide bonds. The van der Waals surface area contributed by atoms with Gasteiger partial charge in [-0.1, -0.05) is 36.4 Å². The molecule has 16 heavy (non-hydrogen) atoms. The Morgan fingerprint density at radius 3 is 2.62 bits per heavy atom. The topological polar surface area (TPSA) is 52.3 Å². The maximum Gasteiger partial charge on any atom is 0.310 e. The number of esters is 1. The standard InChI is InChI=1S/C13H17NO2/c1-3-7-11(13(15)16-2)12(14)10-8-5-4-6-9-10/h3-6,8-9,11-12H,1,7,14H2,2H3. The second kappa shape index (κ2) is 6.08. The number of nitrogens with two attached hydrogens (primary N) is 1. The van der Waals surface area contributed by atoms with Crippen LogP contribution >= 0.6 is 0 Å². The van der Waals surface area contributed by atoms with Crippen LogP contribution in [0.25, 0.3) is 0 Å². The largest absolute Gasteiger partial charge is 0.469 e. The van der Waals surface area contributed by atoms with Crippen molar-refractivity contribution < 1.29 is 9.53 Å². The van der Waals surface area contributed by atoms with Gasteiger partial charge < -0.3 is 10.5 Å². The van der Waals surface area contributed by atoms with Crippen LogP contribution in [0.15, 0.2) is 43.0 Å². The minimum atomic E-state index is -0.370. The summed E-state index contributed by atoms with van der Waals surface area (Å²) >= 11 is 0. The van der Waals surface area contributed by atoms with E-state index in [-0.39, 0.29) is 17.9 Å². The molecule has 0 saturated carbocycles. The average Bonchev–Trinajstić information content (AvgIpc) is 2.35. The van der Waals surface area contributed by atoms with Crippen molar-refractivity contribution in [3.8, 4) is 0 Å². The molecule has 2 unspecified atom stereocenters. The summed E-state index contributed by atoms with van der Waals surface area (Å²) in [6.45, 7) is 3.63. The molecule has 3 heteroatoms. The molecule has 0 heterocycles. The first kappa shape index (κ1) is 12.5. The monoisotopic (exact) mass is 219 g/mol. The average molecular weight is 219 g/mol. The molecule has 1 aromatic rings. The van der Waals surface area contributed by atoms with E-state index < -0.39 is 0 Å². The van der Waals surface area contributed by atoms with Crippen LogP contribution in [0, 0.1) is 5.92 Å². The van der Waals surface area contributed by atoms with Gasteiger partial charge in [0, 0.05) is 6.04 Å². The number of hydrogen-bond acceptors (Lipinski definition) is 3. The van der Waals surface area contributed by atoms with Crippen molar-refractivity contribution in [2.24, 2.45) is 11.7 Å². The molecule has 0 spiro atoms. The van der Waals surface area contributed by atoms with E-state index in [0.29, 0.717) is 6.42 Å². The Bertz CT molecular complexity index is 348. The van der Waals surface area contributed by atoms with Gasteiger partial charge in [-0.15, -0.1) is 6.58 Å². The Kier molecular flexibility index (Phi) is 4.73. The minimum Gasteiger partial charge on any atom is -0.469 e. The van der Waals surface area contributed by atoms with Gasteiger partial charge in [-0.25, -0.2) is 0 Å². The normalized spacial score (nSPS) is 13.9. The molecule has 86 valence electrons. The molecule has 0 aromatic heterocycles. The predicted molar refractivity (Wildman–Crippen MR) is 63.7 cm³/mol. The van der Waals surface area contributed by atoms with Gasteiger partial charge in [0.2, 0.25) is 0 Å². The number of carbonyl (C=O) groups excluding carboxylic acids is 1. The fourth-order valence-corrected chi connectivity index (χ4v) is 1.63. The van der Waals surface area contributed by atoms with E-state index in [9.17, 15) is 4.79 Å². The second-order valence-electron chi connectivity index (χ2n) is 3.59. The Morgan fingerprint density at radius 2 is 2.12 bits per heavy atom. The van der Waals surface area contributed by atoms with Crippen molar-refractivity contribution in [2.45, 2.75) is 12.5 Å². The van der Waals surface area contributed by atoms with Crippen molar-refractivity contribution in [1.29, 1.82) is 0 Å². The molecule has 0 aliphatic heterocycles. The first-order valence-electron chi connectivity index (χ1n) is 5.20. The quantitative estimate of drug-likeness (QED) is 0.609. The number of hydrogen-bond donors (Lipinski definition) is 1. The first-order chi connectivity index (χ1) is 7.70. The molecule has 2 N–H and O–H groups in total. The molecule has 0 saturated heterocycles. The summed E-state index contributed by atoms with van der Waals surface area (Å²) in [4.78, 5) is 11.6. The third-order valence-corrected chi connectivity index (χ3v) is 2.54. The highest BCUT2D eigenvalue weighted by atomic mass is 16.5. The van der Waals surface area contributed by atoms with E-state index in [1.54, 1.807) is 6.08 Å². The summed E-state index contributed by atoms with van der Waals surface area (Å²) in [7, 11) is 1.37. The van der Waals surface area contributed by atoms with Crippen LogP contribution in [0.3, 0.4) is 0 Å². The third-order valence-electron chi connectivity index (χ3n) is 2.54. The summed E-state index contributed by atoms with van der Waals surface area (Å²) in [5, 5.41) is 0. The molecule has 0 aliphatic rings. The first-order valence-corrected chi connectivity index (χ1v) is 5.20. The van der Waals surface area contributed by atoms with Crippen molar-refractivity contribution in [3.05, 3.63) is 48.6 Å². The lowest BCUT2D eigenvalue weighted by Crippen LogP contribution is -2.28. The lowest BCUT2D eigenvalue weighted by molar-refractivity contribution is -0.146. The molecule has 3 nitrogen and oxygen atoms in total. The number of carbonyl (C=O) groups is 1. The third kappa shape index (κ3) is 2.94. The van der Waals surface area contributed by atoms with Crippen LogP contribution in [0.5, 0.6) is 0 Å². The molecule has 1 aromatic carbocycles. The molecule has 1 rings (SSSR count). The Balaban J connectivity index is 2.86. The zero-order valence-electron chi connectivity index (χ0n) is 9.43. The second-order valence-corrected chi connectivity index (χ2v) is 3.59. The molecule has 2 atom stereocenters. The summed E-state index contributed by atoms with van der Waals surface area (Å²) in [6.07, 6.45) is 2.20. The van der Waals surface area contributed by atoms with E-state index in [2.05, 4.69) is 6.58 Å². The SMILES string of the molecule is C=CCC(C(=O)OC)C(N)c1ccccc1. The zero-order valence-corrected chi connectivity index (χ0v) is 9.43. The minimum absolute atomic E-state index is 0.295. The van der Waals surface area contributed by atoms with Crippen LogP contribution in [-0.2, 0) is 9.53 Å². The molecule has 0 bridgehead atoms. The van der Waals surface area contributed by atoms with Gasteiger partial charge in [0.1, 0.15) is 0 Å². The summed E-state index contributed by atoms with van der Waals surface area (Å²) in [6, 6.07) is 9.17. The molecular formula is C13H17NO2. The summed E-state index contributed by atoms with van der Waals surface area (Å²) in [5.74, 6) is -0.666. The zero-order chi connectivity index (χ0) is 12.0. The van der Waals surface area contributed by atoms with E-state index in [1.165, 1.54) is 7.11 Å². The van der Waals surface area contributed by atoms with Crippen molar-refractivity contribution in [3.63, 3.8) is 0 Å². The van der Waals surface area contributed by atoms with Crippen LogP contribution in [0.1, 0.15) is 18.0 Å². The van der Waals surface area contributed by atoms with E-state index in [0.717, 1.165) is 5.56 Å².